The van der Waals surface area contributed by atoms with Gasteiger partial charge in [-0.15, -0.1) is 0 Å². The van der Waals surface area contributed by atoms with E-state index in [1.165, 1.54) is 4.57 Å². The van der Waals surface area contributed by atoms with Crippen LogP contribution in [0.25, 0.3) is 11.1 Å². The highest BCUT2D eigenvalue weighted by Crippen LogP contribution is 2.11. The lowest BCUT2D eigenvalue weighted by atomic mass is 10.0. The van der Waals surface area contributed by atoms with Gasteiger partial charge in [-0.1, -0.05) is 32.0 Å². The topological polar surface area (TPSA) is 102 Å². The molecular formula is C21H30N4O2. The molecule has 0 fully saturated rings. The molecular weight excluding hydrogens is 340 g/mol. The number of carbonyl (C=O) groups is 1. The zero-order valence-electron chi connectivity index (χ0n) is 17.3. The Bertz CT molecular complexity index is 976. The largest absolute Gasteiger partial charge is 0.410 e. The van der Waals surface area contributed by atoms with Crippen LogP contribution < -0.4 is 15.9 Å². The van der Waals surface area contributed by atoms with Crippen molar-refractivity contribution < 1.29 is 10.0 Å². The van der Waals surface area contributed by atoms with Crippen molar-refractivity contribution in [3.05, 3.63) is 39.8 Å². The molecule has 0 unspecified atom stereocenters. The van der Waals surface area contributed by atoms with Crippen molar-refractivity contribution in [3.63, 3.8) is 0 Å². The lowest BCUT2D eigenvalue weighted by Crippen LogP contribution is -2.50. The van der Waals surface area contributed by atoms with Crippen LogP contribution in [-0.2, 0) is 0 Å². The Morgan fingerprint density at radius 2 is 1.81 bits per heavy atom. The second-order valence-electron chi connectivity index (χ2n) is 6.86. The summed E-state index contributed by atoms with van der Waals surface area (Å²) in [7, 11) is 0. The van der Waals surface area contributed by atoms with E-state index in [-0.39, 0.29) is 28.6 Å². The maximum atomic E-state index is 13.1. The molecule has 0 aromatic carbocycles. The van der Waals surface area contributed by atoms with E-state index >= 15 is 0 Å². The smallest absolute Gasteiger partial charge is 0.258 e. The Balaban J connectivity index is 4.26. The lowest BCUT2D eigenvalue weighted by Gasteiger charge is -2.15. The number of nitrogens with zero attached hydrogens (tertiary/aromatic N) is 2. The van der Waals surface area contributed by atoms with Crippen LogP contribution in [0.5, 0.6) is 0 Å². The average Bonchev–Trinajstić information content (AvgIpc) is 2.59. The molecule has 1 heterocycles. The van der Waals surface area contributed by atoms with E-state index in [0.29, 0.717) is 28.1 Å². The first-order chi connectivity index (χ1) is 12.6. The van der Waals surface area contributed by atoms with Gasteiger partial charge in [0.15, 0.2) is 0 Å². The lowest BCUT2D eigenvalue weighted by molar-refractivity contribution is 0.0940. The Labute approximate surface area is 160 Å². The number of carbonyl (C=O) groups excluding carboxylic acids is 1. The van der Waals surface area contributed by atoms with E-state index in [1.807, 2.05) is 34.6 Å². The minimum atomic E-state index is -0.175. The van der Waals surface area contributed by atoms with Crippen molar-refractivity contribution in [1.82, 2.24) is 4.57 Å². The number of hydrogen-bond acceptors (Lipinski definition) is 5. The molecule has 3 N–H and O–H groups in total. The van der Waals surface area contributed by atoms with Gasteiger partial charge in [0.2, 0.25) is 0 Å². The van der Waals surface area contributed by atoms with E-state index < -0.39 is 0 Å². The van der Waals surface area contributed by atoms with Gasteiger partial charge in [0.05, 0.1) is 5.35 Å². The maximum Gasteiger partial charge on any atom is 0.258 e. The third kappa shape index (κ3) is 4.51. The average molecular weight is 370 g/mol. The molecule has 146 valence electrons. The van der Waals surface area contributed by atoms with Gasteiger partial charge in [-0.2, -0.15) is 0 Å². The SMILES string of the molecule is C/C=C(\C(=O)n1ccc(=C(C(C)=N)C(C)=N)c(=NO)/c1=C(\C)CC)C(C)C. The minimum absolute atomic E-state index is 0.0498. The molecule has 1 aromatic heterocycles. The third-order valence-corrected chi connectivity index (χ3v) is 4.56. The first-order valence-electron chi connectivity index (χ1n) is 9.08. The Morgan fingerprint density at radius 3 is 2.19 bits per heavy atom. The molecule has 0 aliphatic heterocycles. The predicted octanol–water partition coefficient (Wildman–Crippen LogP) is 2.83. The van der Waals surface area contributed by atoms with Gasteiger partial charge in [0.25, 0.3) is 5.91 Å². The first kappa shape index (κ1) is 22.3. The fourth-order valence-corrected chi connectivity index (χ4v) is 3.12. The summed E-state index contributed by atoms with van der Waals surface area (Å²) in [5.74, 6) is -0.125. The fourth-order valence-electron chi connectivity index (χ4n) is 3.12. The quantitative estimate of drug-likeness (QED) is 0.321. The molecule has 0 spiro atoms. The van der Waals surface area contributed by atoms with E-state index in [1.54, 1.807) is 32.2 Å². The molecule has 0 saturated heterocycles. The zero-order valence-corrected chi connectivity index (χ0v) is 17.3. The van der Waals surface area contributed by atoms with E-state index in [9.17, 15) is 10.0 Å². The van der Waals surface area contributed by atoms with Crippen molar-refractivity contribution in [2.75, 3.05) is 0 Å². The molecule has 1 rings (SSSR count). The van der Waals surface area contributed by atoms with Crippen LogP contribution in [-0.4, -0.2) is 27.1 Å². The molecule has 27 heavy (non-hydrogen) atoms. The van der Waals surface area contributed by atoms with Crippen LogP contribution in [0.2, 0.25) is 0 Å². The molecule has 0 radical (unpaired) electrons. The van der Waals surface area contributed by atoms with Crippen molar-refractivity contribution in [1.29, 1.82) is 10.8 Å². The van der Waals surface area contributed by atoms with Crippen LogP contribution in [0, 0.1) is 16.7 Å². The maximum absolute atomic E-state index is 13.1. The van der Waals surface area contributed by atoms with Crippen LogP contribution in [0.4, 0.5) is 0 Å². The molecule has 0 aliphatic carbocycles. The Kier molecular flexibility index (Phi) is 7.64. The highest BCUT2D eigenvalue weighted by atomic mass is 16.4. The van der Waals surface area contributed by atoms with Gasteiger partial charge in [-0.05, 0) is 51.7 Å². The minimum Gasteiger partial charge on any atom is -0.410 e. The van der Waals surface area contributed by atoms with Crippen LogP contribution >= 0.6 is 0 Å². The molecule has 0 atom stereocenters. The summed E-state index contributed by atoms with van der Waals surface area (Å²) < 4.78 is 1.50. The van der Waals surface area contributed by atoms with Crippen molar-refractivity contribution in [2.45, 2.75) is 54.9 Å². The van der Waals surface area contributed by atoms with Gasteiger partial charge in [-0.3, -0.25) is 9.36 Å². The number of hydrogen-bond donors (Lipinski definition) is 3. The van der Waals surface area contributed by atoms with Gasteiger partial charge in [-0.25, -0.2) is 0 Å². The van der Waals surface area contributed by atoms with Gasteiger partial charge < -0.3 is 16.0 Å². The molecule has 6 heteroatoms. The number of nitrogens with one attached hydrogen (secondary N) is 2. The molecule has 1 aromatic rings. The summed E-state index contributed by atoms with van der Waals surface area (Å²) in [5.41, 5.74) is 2.34. The van der Waals surface area contributed by atoms with E-state index in [0.717, 1.165) is 5.57 Å². The Hall–Kier alpha value is -2.76. The summed E-state index contributed by atoms with van der Waals surface area (Å²) in [4.78, 5) is 13.1. The number of allylic oxidation sites excluding steroid dienone is 2. The van der Waals surface area contributed by atoms with Gasteiger partial charge in [0, 0.05) is 34.0 Å². The number of pyridine rings is 1. The Morgan fingerprint density at radius 1 is 1.26 bits per heavy atom. The second-order valence-corrected chi connectivity index (χ2v) is 6.86. The predicted molar refractivity (Wildman–Crippen MR) is 110 cm³/mol. The van der Waals surface area contributed by atoms with Gasteiger partial charge in [0.1, 0.15) is 5.36 Å². The fraction of sp³-hybridized carbons (Fsp3) is 0.429. The summed E-state index contributed by atoms with van der Waals surface area (Å²) in [6.07, 6.45) is 4.10. The molecule has 6 nitrogen and oxygen atoms in total. The second kappa shape index (κ2) is 9.26. The highest BCUT2D eigenvalue weighted by Gasteiger charge is 2.17. The van der Waals surface area contributed by atoms with Crippen LogP contribution in [0.15, 0.2) is 29.1 Å². The monoisotopic (exact) mass is 370 g/mol. The summed E-state index contributed by atoms with van der Waals surface area (Å²) in [6, 6.07) is 1.64. The summed E-state index contributed by atoms with van der Waals surface area (Å²) in [6.45, 7) is 12.8. The molecule has 0 amide bonds. The van der Waals surface area contributed by atoms with Crippen molar-refractivity contribution >= 4 is 28.5 Å². The van der Waals surface area contributed by atoms with E-state index in [2.05, 4.69) is 5.16 Å². The van der Waals surface area contributed by atoms with Crippen molar-refractivity contribution in [3.8, 4) is 0 Å². The van der Waals surface area contributed by atoms with Crippen LogP contribution in [0.3, 0.4) is 0 Å². The van der Waals surface area contributed by atoms with Crippen LogP contribution in [0.1, 0.15) is 59.7 Å². The standard InChI is InChI=1S/C21H30N4O2/c1-8-13(5)20-19(24-27)17(18(14(6)22)15(7)23)10-11-25(20)21(26)16(9-2)12(3)4/h9-12,22-23,27H,8H2,1-7H3/b16-9-,18-17?,20-13-,22-14?,23-15?,24-19?. The zero-order chi connectivity index (χ0) is 20.9. The highest BCUT2D eigenvalue weighted by molar-refractivity contribution is 6.41. The number of rotatable bonds is 5. The molecule has 0 bridgehead atoms. The third-order valence-electron chi connectivity index (χ3n) is 4.56. The summed E-state index contributed by atoms with van der Waals surface area (Å²) >= 11 is 0. The van der Waals surface area contributed by atoms with Gasteiger partial charge >= 0.3 is 0 Å². The van der Waals surface area contributed by atoms with E-state index in [4.69, 9.17) is 10.8 Å². The van der Waals surface area contributed by atoms with Crippen molar-refractivity contribution in [2.24, 2.45) is 11.1 Å². The molecule has 0 aliphatic rings. The summed E-state index contributed by atoms with van der Waals surface area (Å²) in [5, 5.41) is 30.5. The normalized spacial score (nSPS) is 13.6. The number of aromatic nitrogens is 1. The first-order valence-corrected chi connectivity index (χ1v) is 9.08. The molecule has 0 saturated carbocycles.